The molecule has 2 rings (SSSR count). The Hall–Kier alpha value is -1.86. The zero-order valence-electron chi connectivity index (χ0n) is 12.0. The second-order valence-electron chi connectivity index (χ2n) is 5.27. The fourth-order valence-electron chi connectivity index (χ4n) is 2.39. The molecule has 0 spiro atoms. The molecule has 1 heterocycles. The summed E-state index contributed by atoms with van der Waals surface area (Å²) in [4.78, 5) is 18.6. The van der Waals surface area contributed by atoms with E-state index in [1.807, 2.05) is 0 Å². The van der Waals surface area contributed by atoms with Crippen LogP contribution in [0.15, 0.2) is 12.3 Å². The van der Waals surface area contributed by atoms with Crippen LogP contribution in [0.1, 0.15) is 44.2 Å². The van der Waals surface area contributed by atoms with Gasteiger partial charge in [0.1, 0.15) is 0 Å². The van der Waals surface area contributed by atoms with Crippen molar-refractivity contribution in [1.29, 1.82) is 0 Å². The van der Waals surface area contributed by atoms with Crippen molar-refractivity contribution in [3.8, 4) is 6.01 Å². The molecule has 1 fully saturated rings. The van der Waals surface area contributed by atoms with Gasteiger partial charge in [-0.3, -0.25) is 4.79 Å². The number of nitrogens with zero attached hydrogens (tertiary/aromatic N) is 2. The molecule has 0 aliphatic heterocycles. The van der Waals surface area contributed by atoms with Crippen molar-refractivity contribution >= 4 is 5.91 Å². The Kier molecular flexibility index (Phi) is 5.57. The molecule has 1 saturated carbocycles. The summed E-state index contributed by atoms with van der Waals surface area (Å²) < 4.78 is 42.4. The molecule has 0 bridgehead atoms. The summed E-state index contributed by atoms with van der Waals surface area (Å²) in [5, 5.41) is 2.83. The predicted octanol–water partition coefficient (Wildman–Crippen LogP) is 2.71. The molecule has 1 aromatic heterocycles. The minimum atomic E-state index is -4.57. The van der Waals surface area contributed by atoms with Gasteiger partial charge in [0.05, 0.1) is 0 Å². The number of alkyl halides is 3. The van der Waals surface area contributed by atoms with E-state index in [9.17, 15) is 18.0 Å². The van der Waals surface area contributed by atoms with Gasteiger partial charge in [-0.15, -0.1) is 0 Å². The molecule has 0 radical (unpaired) electrons. The molecule has 1 aliphatic rings. The minimum Gasteiger partial charge on any atom is -0.453 e. The lowest BCUT2D eigenvalue weighted by atomic mass is 10.1. The van der Waals surface area contributed by atoms with Crippen molar-refractivity contribution < 1.29 is 22.7 Å². The van der Waals surface area contributed by atoms with Gasteiger partial charge in [0.25, 0.3) is 5.91 Å². The predicted molar refractivity (Wildman–Crippen MR) is 72.2 cm³/mol. The number of carbonyl (C=O) groups excluding carboxylic acids is 1. The Morgan fingerprint density at radius 3 is 2.59 bits per heavy atom. The van der Waals surface area contributed by atoms with Gasteiger partial charge < -0.3 is 10.1 Å². The van der Waals surface area contributed by atoms with Gasteiger partial charge in [0.2, 0.25) is 0 Å². The SMILES string of the molecule is O=C(COc1nccc(C(F)(F)F)n1)NC1CCCCCC1. The molecule has 0 atom stereocenters. The Morgan fingerprint density at radius 1 is 1.27 bits per heavy atom. The Bertz CT molecular complexity index is 500. The van der Waals surface area contributed by atoms with Crippen molar-refractivity contribution in [1.82, 2.24) is 15.3 Å². The summed E-state index contributed by atoms with van der Waals surface area (Å²) in [6.07, 6.45) is 2.71. The van der Waals surface area contributed by atoms with Crippen molar-refractivity contribution in [3.05, 3.63) is 18.0 Å². The van der Waals surface area contributed by atoms with Crippen LogP contribution in [0.3, 0.4) is 0 Å². The van der Waals surface area contributed by atoms with Crippen LogP contribution in [0.2, 0.25) is 0 Å². The molecular formula is C14H18F3N3O2. The highest BCUT2D eigenvalue weighted by Crippen LogP contribution is 2.27. The maximum absolute atomic E-state index is 12.5. The van der Waals surface area contributed by atoms with Crippen LogP contribution in [0.4, 0.5) is 13.2 Å². The smallest absolute Gasteiger partial charge is 0.433 e. The monoisotopic (exact) mass is 317 g/mol. The highest BCUT2D eigenvalue weighted by atomic mass is 19.4. The van der Waals surface area contributed by atoms with Crippen LogP contribution in [-0.2, 0) is 11.0 Å². The Balaban J connectivity index is 1.83. The van der Waals surface area contributed by atoms with Crippen LogP contribution < -0.4 is 10.1 Å². The molecule has 0 aromatic carbocycles. The van der Waals surface area contributed by atoms with E-state index in [4.69, 9.17) is 4.74 Å². The first kappa shape index (κ1) is 16.5. The second kappa shape index (κ2) is 7.42. The first-order valence-electron chi connectivity index (χ1n) is 7.27. The summed E-state index contributed by atoms with van der Waals surface area (Å²) in [5.41, 5.74) is -1.10. The third-order valence-electron chi connectivity index (χ3n) is 3.48. The highest BCUT2D eigenvalue weighted by Gasteiger charge is 2.33. The Morgan fingerprint density at radius 2 is 1.95 bits per heavy atom. The van der Waals surface area contributed by atoms with E-state index in [1.165, 1.54) is 12.8 Å². The molecule has 0 saturated heterocycles. The van der Waals surface area contributed by atoms with E-state index >= 15 is 0 Å². The van der Waals surface area contributed by atoms with Gasteiger partial charge in [-0.1, -0.05) is 25.7 Å². The average Bonchev–Trinajstić information content (AvgIpc) is 2.73. The minimum absolute atomic E-state index is 0.112. The molecule has 8 heteroatoms. The van der Waals surface area contributed by atoms with E-state index in [2.05, 4.69) is 15.3 Å². The molecule has 5 nitrogen and oxygen atoms in total. The molecule has 1 N–H and O–H groups in total. The fourth-order valence-corrected chi connectivity index (χ4v) is 2.39. The normalized spacial score (nSPS) is 16.9. The molecule has 0 unspecified atom stereocenters. The fraction of sp³-hybridized carbons (Fsp3) is 0.643. The quantitative estimate of drug-likeness (QED) is 0.867. The number of rotatable bonds is 4. The number of hydrogen-bond donors (Lipinski definition) is 1. The number of hydrogen-bond acceptors (Lipinski definition) is 4. The lowest BCUT2D eigenvalue weighted by Gasteiger charge is -2.16. The summed E-state index contributed by atoms with van der Waals surface area (Å²) in [5.74, 6) is -0.368. The van der Waals surface area contributed by atoms with E-state index in [0.29, 0.717) is 0 Å². The third kappa shape index (κ3) is 5.16. The van der Waals surface area contributed by atoms with Gasteiger partial charge in [0.15, 0.2) is 12.3 Å². The van der Waals surface area contributed by atoms with Crippen molar-refractivity contribution in [2.45, 2.75) is 50.7 Å². The maximum Gasteiger partial charge on any atom is 0.433 e. The number of aromatic nitrogens is 2. The third-order valence-corrected chi connectivity index (χ3v) is 3.48. The molecule has 1 aliphatic carbocycles. The first-order valence-corrected chi connectivity index (χ1v) is 7.27. The van der Waals surface area contributed by atoms with Crippen LogP contribution in [0.5, 0.6) is 6.01 Å². The van der Waals surface area contributed by atoms with Crippen LogP contribution in [0, 0.1) is 0 Å². The average molecular weight is 317 g/mol. The maximum atomic E-state index is 12.5. The number of amides is 1. The summed E-state index contributed by atoms with van der Waals surface area (Å²) in [7, 11) is 0. The number of carbonyl (C=O) groups is 1. The first-order chi connectivity index (χ1) is 10.4. The summed E-state index contributed by atoms with van der Waals surface area (Å²) in [6.45, 7) is -0.391. The van der Waals surface area contributed by atoms with E-state index in [1.54, 1.807) is 0 Å². The molecule has 22 heavy (non-hydrogen) atoms. The standard InChI is InChI=1S/C14H18F3N3O2/c15-14(16,17)11-7-8-18-13(20-11)22-9-12(21)19-10-5-3-1-2-4-6-10/h7-8,10H,1-6,9H2,(H,19,21). The van der Waals surface area contributed by atoms with Gasteiger partial charge in [-0.2, -0.15) is 18.2 Å². The van der Waals surface area contributed by atoms with Crippen molar-refractivity contribution in [2.75, 3.05) is 6.61 Å². The van der Waals surface area contributed by atoms with Gasteiger partial charge in [-0.05, 0) is 18.9 Å². The topological polar surface area (TPSA) is 64.1 Å². The summed E-state index contributed by atoms with van der Waals surface area (Å²) >= 11 is 0. The van der Waals surface area contributed by atoms with Gasteiger partial charge in [0, 0.05) is 12.2 Å². The highest BCUT2D eigenvalue weighted by molar-refractivity contribution is 5.77. The molecule has 1 aromatic rings. The van der Waals surface area contributed by atoms with Crippen LogP contribution >= 0.6 is 0 Å². The lowest BCUT2D eigenvalue weighted by molar-refractivity contribution is -0.141. The number of nitrogens with one attached hydrogen (secondary N) is 1. The van der Waals surface area contributed by atoms with Crippen LogP contribution in [-0.4, -0.2) is 28.5 Å². The van der Waals surface area contributed by atoms with E-state index < -0.39 is 24.5 Å². The lowest BCUT2D eigenvalue weighted by Crippen LogP contribution is -2.37. The number of ether oxygens (including phenoxy) is 1. The van der Waals surface area contributed by atoms with Crippen molar-refractivity contribution in [2.24, 2.45) is 0 Å². The Labute approximate surface area is 126 Å². The zero-order chi connectivity index (χ0) is 16.0. The zero-order valence-corrected chi connectivity index (χ0v) is 12.0. The van der Waals surface area contributed by atoms with Crippen molar-refractivity contribution in [3.63, 3.8) is 0 Å². The van der Waals surface area contributed by atoms with Gasteiger partial charge >= 0.3 is 12.2 Å². The molecule has 122 valence electrons. The molecular weight excluding hydrogens is 299 g/mol. The number of halogens is 3. The van der Waals surface area contributed by atoms with Crippen LogP contribution in [0.25, 0.3) is 0 Å². The largest absolute Gasteiger partial charge is 0.453 e. The van der Waals surface area contributed by atoms with E-state index in [0.717, 1.165) is 37.9 Å². The van der Waals surface area contributed by atoms with E-state index in [-0.39, 0.29) is 11.9 Å². The summed E-state index contributed by atoms with van der Waals surface area (Å²) in [6, 6.07) is 0.408. The second-order valence-corrected chi connectivity index (χ2v) is 5.27. The van der Waals surface area contributed by atoms with Gasteiger partial charge in [-0.25, -0.2) is 4.98 Å². The molecule has 1 amide bonds.